The molecule has 0 aliphatic carbocycles. The topological polar surface area (TPSA) is 82.1 Å². The second-order valence-corrected chi connectivity index (χ2v) is 4.26. The van der Waals surface area contributed by atoms with Crippen molar-refractivity contribution in [3.8, 4) is 5.75 Å². The summed E-state index contributed by atoms with van der Waals surface area (Å²) in [6, 6.07) is 6.88. The summed E-state index contributed by atoms with van der Waals surface area (Å²) < 4.78 is 15.0. The molecule has 1 rings (SSSR count). The number of aliphatic hydroxyl groups is 1. The van der Waals surface area contributed by atoms with E-state index in [2.05, 4.69) is 17.9 Å². The number of rotatable bonds is 9. The molecule has 1 aromatic carbocycles. The molecule has 0 saturated heterocycles. The molecule has 0 saturated carbocycles. The second-order valence-electron chi connectivity index (χ2n) is 4.26. The molecular formula is C16H18O6. The summed E-state index contributed by atoms with van der Waals surface area (Å²) in [5.74, 6) is -0.614. The zero-order valence-corrected chi connectivity index (χ0v) is 12.1. The highest BCUT2D eigenvalue weighted by Gasteiger charge is 2.08. The van der Waals surface area contributed by atoms with Crippen molar-refractivity contribution >= 4 is 11.9 Å². The van der Waals surface area contributed by atoms with Crippen LogP contribution >= 0.6 is 0 Å². The molecule has 1 atom stereocenters. The molecule has 1 aromatic rings. The average molecular weight is 306 g/mol. The number of aliphatic hydroxyl groups excluding tert-OH is 1. The number of esters is 2. The van der Waals surface area contributed by atoms with Gasteiger partial charge >= 0.3 is 11.9 Å². The highest BCUT2D eigenvalue weighted by Crippen LogP contribution is 2.14. The highest BCUT2D eigenvalue weighted by atomic mass is 16.5. The summed E-state index contributed by atoms with van der Waals surface area (Å²) in [7, 11) is 0. The first-order valence-corrected chi connectivity index (χ1v) is 6.53. The van der Waals surface area contributed by atoms with E-state index in [4.69, 9.17) is 9.47 Å². The maximum Gasteiger partial charge on any atom is 0.330 e. The number of carbonyl (C=O) groups is 2. The summed E-state index contributed by atoms with van der Waals surface area (Å²) >= 11 is 0. The molecule has 0 aliphatic heterocycles. The normalized spacial score (nSPS) is 11.1. The van der Waals surface area contributed by atoms with Crippen molar-refractivity contribution in [2.75, 3.05) is 13.2 Å². The van der Waals surface area contributed by atoms with Gasteiger partial charge in [-0.15, -0.1) is 0 Å². The van der Waals surface area contributed by atoms with Crippen LogP contribution in [0, 0.1) is 0 Å². The smallest absolute Gasteiger partial charge is 0.330 e. The fourth-order valence-electron chi connectivity index (χ4n) is 1.42. The van der Waals surface area contributed by atoms with Crippen LogP contribution in [0.15, 0.2) is 49.6 Å². The summed E-state index contributed by atoms with van der Waals surface area (Å²) in [5, 5.41) is 9.62. The lowest BCUT2D eigenvalue weighted by atomic mass is 10.2. The number of ether oxygens (including phenoxy) is 3. The Morgan fingerprint density at radius 1 is 1.14 bits per heavy atom. The Hall–Kier alpha value is -2.60. The molecule has 0 aliphatic rings. The van der Waals surface area contributed by atoms with Gasteiger partial charge in [0, 0.05) is 12.2 Å². The van der Waals surface area contributed by atoms with Crippen molar-refractivity contribution in [1.82, 2.24) is 0 Å². The Balaban J connectivity index is 2.42. The van der Waals surface area contributed by atoms with Gasteiger partial charge in [-0.05, 0) is 17.7 Å². The Kier molecular flexibility index (Phi) is 7.42. The third-order valence-electron chi connectivity index (χ3n) is 2.47. The van der Waals surface area contributed by atoms with E-state index in [0.717, 1.165) is 17.7 Å². The lowest BCUT2D eigenvalue weighted by Crippen LogP contribution is -2.24. The molecule has 6 nitrogen and oxygen atoms in total. The highest BCUT2D eigenvalue weighted by molar-refractivity contribution is 5.81. The van der Waals surface area contributed by atoms with Crippen molar-refractivity contribution in [3.05, 3.63) is 55.1 Å². The summed E-state index contributed by atoms with van der Waals surface area (Å²) in [6.07, 6.45) is 1.15. The molecule has 0 aromatic heterocycles. The molecule has 0 heterocycles. The van der Waals surface area contributed by atoms with E-state index in [1.54, 1.807) is 24.3 Å². The predicted octanol–water partition coefficient (Wildman–Crippen LogP) is 1.38. The maximum absolute atomic E-state index is 11.0. The molecule has 0 fully saturated rings. The number of hydrogen-bond donors (Lipinski definition) is 1. The lowest BCUT2D eigenvalue weighted by Gasteiger charge is -2.13. The van der Waals surface area contributed by atoms with Gasteiger partial charge in [0.25, 0.3) is 0 Å². The van der Waals surface area contributed by atoms with Gasteiger partial charge in [0.15, 0.2) is 0 Å². The van der Waals surface area contributed by atoms with E-state index < -0.39 is 18.0 Å². The van der Waals surface area contributed by atoms with Crippen LogP contribution in [-0.4, -0.2) is 36.4 Å². The fraction of sp³-hybridized carbons (Fsp3) is 0.250. The van der Waals surface area contributed by atoms with Gasteiger partial charge in [0.05, 0.1) is 0 Å². The maximum atomic E-state index is 11.0. The molecular weight excluding hydrogens is 288 g/mol. The Bertz CT molecular complexity index is 537. The van der Waals surface area contributed by atoms with Crippen LogP contribution in [0.2, 0.25) is 0 Å². The van der Waals surface area contributed by atoms with E-state index >= 15 is 0 Å². The van der Waals surface area contributed by atoms with Crippen molar-refractivity contribution in [3.63, 3.8) is 0 Å². The number of hydrogen-bond acceptors (Lipinski definition) is 6. The zero-order valence-electron chi connectivity index (χ0n) is 12.1. The molecule has 6 heteroatoms. The zero-order chi connectivity index (χ0) is 16.4. The molecule has 1 N–H and O–H groups in total. The van der Waals surface area contributed by atoms with E-state index in [0.29, 0.717) is 5.75 Å². The molecule has 0 amide bonds. The first-order valence-electron chi connectivity index (χ1n) is 6.53. The van der Waals surface area contributed by atoms with Gasteiger partial charge < -0.3 is 19.3 Å². The molecule has 0 bridgehead atoms. The number of benzene rings is 1. The van der Waals surface area contributed by atoms with Gasteiger partial charge in [0.2, 0.25) is 0 Å². The third kappa shape index (κ3) is 6.71. The third-order valence-corrected chi connectivity index (χ3v) is 2.47. The summed E-state index contributed by atoms with van der Waals surface area (Å²) in [5.41, 5.74) is 0.736. The van der Waals surface area contributed by atoms with Gasteiger partial charge in [-0.25, -0.2) is 9.59 Å². The van der Waals surface area contributed by atoms with Crippen LogP contribution < -0.4 is 4.74 Å². The van der Waals surface area contributed by atoms with Gasteiger partial charge in [0.1, 0.15) is 31.7 Å². The van der Waals surface area contributed by atoms with Gasteiger partial charge in [-0.1, -0.05) is 25.3 Å². The van der Waals surface area contributed by atoms with Crippen LogP contribution in [0.4, 0.5) is 0 Å². The number of carbonyl (C=O) groups excluding carboxylic acids is 2. The van der Waals surface area contributed by atoms with Gasteiger partial charge in [-0.3, -0.25) is 0 Å². The first kappa shape index (κ1) is 17.5. The Morgan fingerprint density at radius 3 is 2.50 bits per heavy atom. The SMILES string of the molecule is C=CC(=O)OCc1cccc(OCC(O)COC(=O)C=C)c1. The van der Waals surface area contributed by atoms with Crippen molar-refractivity contribution < 1.29 is 28.9 Å². The predicted molar refractivity (Wildman–Crippen MR) is 79.1 cm³/mol. The Morgan fingerprint density at radius 2 is 1.82 bits per heavy atom. The van der Waals surface area contributed by atoms with Crippen molar-refractivity contribution in [2.24, 2.45) is 0 Å². The average Bonchev–Trinajstić information content (AvgIpc) is 2.55. The van der Waals surface area contributed by atoms with E-state index in [1.807, 2.05) is 0 Å². The van der Waals surface area contributed by atoms with Crippen LogP contribution in [0.25, 0.3) is 0 Å². The minimum absolute atomic E-state index is 0.0413. The standard InChI is InChI=1S/C16H18O6/c1-3-15(18)21-9-12-6-5-7-14(8-12)20-10-13(17)11-22-16(19)4-2/h3-8,13,17H,1-2,9-11H2. The quantitative estimate of drug-likeness (QED) is 0.548. The molecule has 118 valence electrons. The fourth-order valence-corrected chi connectivity index (χ4v) is 1.42. The Labute approximate surface area is 128 Å². The largest absolute Gasteiger partial charge is 0.491 e. The molecule has 0 radical (unpaired) electrons. The minimum atomic E-state index is -0.953. The van der Waals surface area contributed by atoms with E-state index in [9.17, 15) is 14.7 Å². The van der Waals surface area contributed by atoms with Crippen LogP contribution in [0.3, 0.4) is 0 Å². The lowest BCUT2D eigenvalue weighted by molar-refractivity contribution is -0.141. The van der Waals surface area contributed by atoms with E-state index in [1.165, 1.54) is 0 Å². The first-order chi connectivity index (χ1) is 10.5. The van der Waals surface area contributed by atoms with Gasteiger partial charge in [-0.2, -0.15) is 0 Å². The summed E-state index contributed by atoms with van der Waals surface area (Å²) in [4.78, 5) is 21.8. The van der Waals surface area contributed by atoms with Crippen molar-refractivity contribution in [2.45, 2.75) is 12.7 Å². The van der Waals surface area contributed by atoms with Crippen LogP contribution in [0.5, 0.6) is 5.75 Å². The monoisotopic (exact) mass is 306 g/mol. The van der Waals surface area contributed by atoms with Crippen LogP contribution in [0.1, 0.15) is 5.56 Å². The van der Waals surface area contributed by atoms with Crippen LogP contribution in [-0.2, 0) is 25.7 Å². The van der Waals surface area contributed by atoms with E-state index in [-0.39, 0.29) is 19.8 Å². The van der Waals surface area contributed by atoms with Crippen molar-refractivity contribution in [1.29, 1.82) is 0 Å². The second kappa shape index (κ2) is 9.36. The minimum Gasteiger partial charge on any atom is -0.491 e. The molecule has 0 spiro atoms. The molecule has 22 heavy (non-hydrogen) atoms. The molecule has 1 unspecified atom stereocenters. The summed E-state index contributed by atoms with van der Waals surface area (Å²) in [6.45, 7) is 6.43.